The van der Waals surface area contributed by atoms with Gasteiger partial charge in [0.1, 0.15) is 11.6 Å². The van der Waals surface area contributed by atoms with E-state index in [1.807, 2.05) is 25.1 Å². The van der Waals surface area contributed by atoms with Crippen LogP contribution in [0.25, 0.3) is 0 Å². The van der Waals surface area contributed by atoms with Crippen molar-refractivity contribution in [2.75, 3.05) is 42.5 Å². The van der Waals surface area contributed by atoms with E-state index in [1.54, 1.807) is 4.90 Å². The average molecular weight is 456 g/mol. The molecule has 2 atom stereocenters. The van der Waals surface area contributed by atoms with E-state index in [0.717, 1.165) is 18.7 Å². The number of nitrogens with one attached hydrogen (secondary N) is 2. The molecule has 2 aliphatic rings. The number of ether oxygens (including phenoxy) is 1. The van der Waals surface area contributed by atoms with Crippen molar-refractivity contribution >= 4 is 23.4 Å². The molecule has 4 N–H and O–H groups in total. The summed E-state index contributed by atoms with van der Waals surface area (Å²) < 4.78 is 18.7. The van der Waals surface area contributed by atoms with E-state index in [9.17, 15) is 14.0 Å². The van der Waals surface area contributed by atoms with E-state index in [4.69, 9.17) is 10.5 Å². The minimum Gasteiger partial charge on any atom is -0.410 e. The van der Waals surface area contributed by atoms with Crippen LogP contribution >= 0.6 is 0 Å². The van der Waals surface area contributed by atoms with Crippen molar-refractivity contribution in [1.29, 1.82) is 0 Å². The van der Waals surface area contributed by atoms with Gasteiger partial charge in [0.25, 0.3) is 0 Å². The first-order valence-electron chi connectivity index (χ1n) is 11.2. The molecule has 0 aromatic heterocycles. The molecular formula is C24H30FN5O3. The molecule has 0 saturated carbocycles. The fourth-order valence-electron chi connectivity index (χ4n) is 4.29. The molecular weight excluding hydrogens is 425 g/mol. The Morgan fingerprint density at radius 1 is 1.21 bits per heavy atom. The summed E-state index contributed by atoms with van der Waals surface area (Å²) in [5.74, 6) is -0.208. The smallest absolute Gasteiger partial charge is 0.410 e. The summed E-state index contributed by atoms with van der Waals surface area (Å²) in [4.78, 5) is 28.7. The summed E-state index contributed by atoms with van der Waals surface area (Å²) in [7, 11) is 0. The molecule has 4 rings (SSSR count). The number of nitrogens with two attached hydrogens (primary N) is 1. The highest BCUT2D eigenvalue weighted by Gasteiger charge is 2.35. The molecule has 2 aromatic rings. The number of hydrogen-bond acceptors (Lipinski definition) is 6. The fraction of sp³-hybridized carbons (Fsp3) is 0.417. The van der Waals surface area contributed by atoms with Crippen LogP contribution in [0.4, 0.5) is 20.6 Å². The van der Waals surface area contributed by atoms with Crippen LogP contribution in [0, 0.1) is 5.82 Å². The molecule has 33 heavy (non-hydrogen) atoms. The molecule has 0 bridgehead atoms. The first kappa shape index (κ1) is 23.2. The summed E-state index contributed by atoms with van der Waals surface area (Å²) in [6.45, 7) is 6.71. The summed E-state index contributed by atoms with van der Waals surface area (Å²) in [6.07, 6.45) is -0.585. The van der Waals surface area contributed by atoms with Crippen molar-refractivity contribution in [2.24, 2.45) is 5.73 Å². The van der Waals surface area contributed by atoms with Crippen molar-refractivity contribution in [2.45, 2.75) is 31.8 Å². The largest absolute Gasteiger partial charge is 0.419 e. The van der Waals surface area contributed by atoms with Crippen molar-refractivity contribution in [3.05, 3.63) is 53.8 Å². The number of fused-ring (bicyclic) bond motifs is 1. The molecule has 8 nitrogen and oxygen atoms in total. The molecule has 9 heteroatoms. The van der Waals surface area contributed by atoms with Crippen molar-refractivity contribution in [1.82, 2.24) is 10.6 Å². The lowest BCUT2D eigenvalue weighted by Crippen LogP contribution is -2.56. The predicted molar refractivity (Wildman–Crippen MR) is 125 cm³/mol. The van der Waals surface area contributed by atoms with Crippen LogP contribution in [-0.4, -0.2) is 56.8 Å². The number of hydrogen-bond donors (Lipinski definition) is 3. The number of carbonyl (C=O) groups is 2. The van der Waals surface area contributed by atoms with Gasteiger partial charge in [0.2, 0.25) is 5.91 Å². The van der Waals surface area contributed by atoms with Gasteiger partial charge in [-0.05, 0) is 48.9 Å². The summed E-state index contributed by atoms with van der Waals surface area (Å²) in [5.41, 5.74) is 8.30. The zero-order valence-corrected chi connectivity index (χ0v) is 18.9. The number of anilines is 2. The number of halogens is 1. The monoisotopic (exact) mass is 455 g/mol. The minimum atomic E-state index is -0.585. The van der Waals surface area contributed by atoms with Crippen molar-refractivity contribution in [3.8, 4) is 5.75 Å². The molecule has 176 valence electrons. The predicted octanol–water partition coefficient (Wildman–Crippen LogP) is 2.19. The Hall–Kier alpha value is -3.01. The second kappa shape index (κ2) is 9.86. The highest BCUT2D eigenvalue weighted by atomic mass is 19.1. The molecule has 0 radical (unpaired) electrons. The van der Waals surface area contributed by atoms with Crippen molar-refractivity contribution in [3.63, 3.8) is 0 Å². The third-order valence-electron chi connectivity index (χ3n) is 6.21. The lowest BCUT2D eigenvalue weighted by atomic mass is 9.95. The Balaban J connectivity index is 1.63. The topological polar surface area (TPSA) is 99.9 Å². The fourth-order valence-corrected chi connectivity index (χ4v) is 4.29. The van der Waals surface area contributed by atoms with Gasteiger partial charge >= 0.3 is 6.09 Å². The lowest BCUT2D eigenvalue weighted by Gasteiger charge is -2.40. The van der Waals surface area contributed by atoms with Crippen LogP contribution in [0.2, 0.25) is 0 Å². The quantitative estimate of drug-likeness (QED) is 0.618. The zero-order valence-electron chi connectivity index (χ0n) is 18.9. The normalized spacial score (nSPS) is 19.0. The van der Waals surface area contributed by atoms with E-state index in [2.05, 4.69) is 10.6 Å². The standard InChI is InChI=1S/C24H30FN5O3/c1-15-14-29(24(32)33-21-6-4-19(25)5-7-21)23-9-17(3-8-22(23)30(15)16(2)31)18(10-26)11-28-20-12-27-13-20/h3-9,15,18,20,27-28H,10-14,26H2,1-2H3/t15-,18?/m0/s1. The van der Waals surface area contributed by atoms with Gasteiger partial charge in [-0.15, -0.1) is 0 Å². The molecule has 1 saturated heterocycles. The Morgan fingerprint density at radius 3 is 2.55 bits per heavy atom. The van der Waals surface area contributed by atoms with Gasteiger partial charge in [-0.2, -0.15) is 0 Å². The number of amides is 2. The van der Waals surface area contributed by atoms with Gasteiger partial charge in [0, 0.05) is 51.6 Å². The molecule has 1 fully saturated rings. The molecule has 1 unspecified atom stereocenters. The molecule has 0 spiro atoms. The maximum Gasteiger partial charge on any atom is 0.419 e. The van der Waals surface area contributed by atoms with Gasteiger partial charge in [-0.3, -0.25) is 9.69 Å². The lowest BCUT2D eigenvalue weighted by molar-refractivity contribution is -0.117. The SMILES string of the molecule is CC(=O)N1c2ccc(C(CN)CNC3CNC3)cc2N(C(=O)Oc2ccc(F)cc2)C[C@@H]1C. The van der Waals surface area contributed by atoms with Crippen LogP contribution < -0.4 is 30.9 Å². The van der Waals surface area contributed by atoms with E-state index in [0.29, 0.717) is 30.5 Å². The Morgan fingerprint density at radius 2 is 1.94 bits per heavy atom. The van der Waals surface area contributed by atoms with Crippen LogP contribution in [0.3, 0.4) is 0 Å². The van der Waals surface area contributed by atoms with E-state index < -0.39 is 11.9 Å². The van der Waals surface area contributed by atoms with Gasteiger partial charge in [0.15, 0.2) is 0 Å². The third-order valence-corrected chi connectivity index (χ3v) is 6.21. The molecule has 2 heterocycles. The molecule has 2 aromatic carbocycles. The van der Waals surface area contributed by atoms with E-state index in [1.165, 1.54) is 36.1 Å². The van der Waals surface area contributed by atoms with E-state index in [-0.39, 0.29) is 30.2 Å². The number of rotatable bonds is 6. The van der Waals surface area contributed by atoms with Crippen LogP contribution in [0.15, 0.2) is 42.5 Å². The van der Waals surface area contributed by atoms with Gasteiger partial charge < -0.3 is 26.0 Å². The van der Waals surface area contributed by atoms with E-state index >= 15 is 0 Å². The number of carbonyl (C=O) groups excluding carboxylic acids is 2. The van der Waals surface area contributed by atoms with Gasteiger partial charge in [-0.1, -0.05) is 6.07 Å². The van der Waals surface area contributed by atoms with Crippen molar-refractivity contribution < 1.29 is 18.7 Å². The molecule has 2 amide bonds. The summed E-state index contributed by atoms with van der Waals surface area (Å²) >= 11 is 0. The maximum absolute atomic E-state index is 13.2. The Labute approximate surface area is 192 Å². The minimum absolute atomic E-state index is 0.0518. The molecule has 0 aliphatic carbocycles. The number of benzene rings is 2. The Kier molecular flexibility index (Phi) is 6.92. The highest BCUT2D eigenvalue weighted by molar-refractivity contribution is 6.02. The van der Waals surface area contributed by atoms with Crippen LogP contribution in [0.5, 0.6) is 5.75 Å². The highest BCUT2D eigenvalue weighted by Crippen LogP contribution is 2.38. The van der Waals surface area contributed by atoms with Gasteiger partial charge in [-0.25, -0.2) is 9.18 Å². The third kappa shape index (κ3) is 5.00. The average Bonchev–Trinajstić information content (AvgIpc) is 2.76. The van der Waals surface area contributed by atoms with Gasteiger partial charge in [0.05, 0.1) is 17.4 Å². The first-order chi connectivity index (χ1) is 15.9. The zero-order chi connectivity index (χ0) is 23.5. The number of nitrogens with zero attached hydrogens (tertiary/aromatic N) is 2. The summed E-state index contributed by atoms with van der Waals surface area (Å²) in [5, 5.41) is 6.75. The first-order valence-corrected chi connectivity index (χ1v) is 11.2. The Bertz CT molecular complexity index is 1010. The van der Waals surface area contributed by atoms with Crippen LogP contribution in [-0.2, 0) is 4.79 Å². The summed E-state index contributed by atoms with van der Waals surface area (Å²) in [6, 6.07) is 11.2. The second-order valence-electron chi connectivity index (χ2n) is 8.61. The van der Waals surface area contributed by atoms with Crippen LogP contribution in [0.1, 0.15) is 25.3 Å². The molecule has 2 aliphatic heterocycles. The maximum atomic E-state index is 13.2. The second-order valence-corrected chi connectivity index (χ2v) is 8.61.